The number of nitrogens with two attached hydrogens (primary N) is 1. The van der Waals surface area contributed by atoms with E-state index in [0.29, 0.717) is 17.5 Å². The molecule has 73 heavy (non-hydrogen) atoms. The number of rotatable bonds is 18. The molecule has 23 heteroatoms. The van der Waals surface area contributed by atoms with Gasteiger partial charge in [0.15, 0.2) is 0 Å². The van der Waals surface area contributed by atoms with Crippen LogP contribution in [0.4, 0.5) is 0 Å². The Hall–Kier alpha value is -7.14. The molecule has 0 spiro atoms. The predicted molar refractivity (Wildman–Crippen MR) is 262 cm³/mol. The van der Waals surface area contributed by atoms with Gasteiger partial charge in [-0.3, -0.25) is 43.2 Å². The van der Waals surface area contributed by atoms with Gasteiger partial charge < -0.3 is 67.5 Å². The number of aliphatic hydroxyl groups excluding tert-OH is 2. The summed E-state index contributed by atoms with van der Waals surface area (Å²) in [6.07, 6.45) is -4.03. The molecule has 2 aliphatic heterocycles. The molecular formula is C50H71N9O14. The Balaban J connectivity index is 1.82. The number of aromatic hydroxyl groups is 1. The summed E-state index contributed by atoms with van der Waals surface area (Å²) < 4.78 is 5.80. The fourth-order valence-corrected chi connectivity index (χ4v) is 8.42. The molecule has 0 aliphatic carbocycles. The van der Waals surface area contributed by atoms with Crippen LogP contribution in [0.1, 0.15) is 97.1 Å². The van der Waals surface area contributed by atoms with Crippen LogP contribution in [0.15, 0.2) is 54.6 Å². The van der Waals surface area contributed by atoms with E-state index < -0.39 is 145 Å². The number of nitrogens with one attached hydrogen (secondary N) is 6. The van der Waals surface area contributed by atoms with Crippen LogP contribution in [0.25, 0.3) is 0 Å². The molecule has 2 heterocycles. The van der Waals surface area contributed by atoms with Crippen molar-refractivity contribution in [1.29, 1.82) is 0 Å². The second-order valence-electron chi connectivity index (χ2n) is 18.9. The second kappa shape index (κ2) is 27.6. The molecule has 4 rings (SSSR count). The van der Waals surface area contributed by atoms with Gasteiger partial charge >= 0.3 is 5.97 Å². The van der Waals surface area contributed by atoms with Gasteiger partial charge in [-0.15, -0.1) is 0 Å². The van der Waals surface area contributed by atoms with Crippen molar-refractivity contribution < 1.29 is 68.0 Å². The lowest BCUT2D eigenvalue weighted by molar-refractivity contribution is -0.165. The third-order valence-corrected chi connectivity index (χ3v) is 12.7. The quantitative estimate of drug-likeness (QED) is 0.0612. The minimum absolute atomic E-state index is 0.0796. The monoisotopic (exact) mass is 1020 g/mol. The van der Waals surface area contributed by atoms with Crippen LogP contribution < -0.4 is 37.6 Å². The second-order valence-corrected chi connectivity index (χ2v) is 18.9. The fourth-order valence-electron chi connectivity index (χ4n) is 8.42. The van der Waals surface area contributed by atoms with E-state index in [2.05, 4.69) is 31.9 Å². The first kappa shape index (κ1) is 58.4. The number of piperidine rings is 1. The molecule has 2 bridgehead atoms. The molecule has 9 amide bonds. The maximum absolute atomic E-state index is 15.0. The maximum Gasteiger partial charge on any atom is 0.329 e. The van der Waals surface area contributed by atoms with Crippen molar-refractivity contribution in [2.24, 2.45) is 11.7 Å². The third-order valence-electron chi connectivity index (χ3n) is 12.7. The summed E-state index contributed by atoms with van der Waals surface area (Å²) in [7, 11) is 1.32. The number of likely N-dealkylation sites (N-methyl/N-ethyl adjacent to an activating group) is 1. The number of amides is 9. The summed E-state index contributed by atoms with van der Waals surface area (Å²) in [5, 5.41) is 47.1. The summed E-state index contributed by atoms with van der Waals surface area (Å²) in [5.74, 6) is -10.1. The molecule has 2 saturated heterocycles. The Morgan fingerprint density at radius 3 is 2.07 bits per heavy atom. The molecule has 10 atom stereocenters. The Kier molecular flexibility index (Phi) is 22.1. The van der Waals surface area contributed by atoms with E-state index >= 15 is 4.79 Å². The number of aliphatic hydroxyl groups is 2. The highest BCUT2D eigenvalue weighted by molar-refractivity contribution is 5.99. The van der Waals surface area contributed by atoms with Gasteiger partial charge in [-0.1, -0.05) is 76.1 Å². The number of cyclic esters (lactones) is 1. The average Bonchev–Trinajstić information content (AvgIpc) is 3.34. The molecule has 2 aromatic rings. The molecule has 2 aliphatic rings. The summed E-state index contributed by atoms with van der Waals surface area (Å²) in [6, 6.07) is 3.14. The number of fused-ring (bicyclic) bond motifs is 2. The molecule has 2 aromatic carbocycles. The zero-order chi connectivity index (χ0) is 54.1. The lowest BCUT2D eigenvalue weighted by Crippen LogP contribution is -2.65. The van der Waals surface area contributed by atoms with Crippen molar-refractivity contribution in [3.63, 3.8) is 0 Å². The molecule has 1 unspecified atom stereocenters. The third kappa shape index (κ3) is 17.0. The largest absolute Gasteiger partial charge is 0.508 e. The van der Waals surface area contributed by atoms with E-state index in [0.717, 1.165) is 22.6 Å². The molecule has 2 fully saturated rings. The Morgan fingerprint density at radius 1 is 0.808 bits per heavy atom. The number of phenolic OH excluding ortho intramolecular Hbond substituents is 1. The standard InChI is InChI=1S/C50H71N9O14/c1-7-8-10-15-38(63)52-26-39(64)55-42(28(4)60)46(68)57-43-29(5)73-50(72)41(27(2)3)56-45(67)35(24-31-16-18-32(61)19-17-31)58(6)49(71)36(25-30-13-11-9-12-14-30)59-40(65)23-21-34(48(59)70)54-44(66)33(53-47(43)69)20-22-37(51)62/h9,11-14,16-19,27-29,33-36,40-43,60-61,65H,7-8,10,15,20-26H2,1-6H3,(H2,51,62)(H,52,63)(H,53,69)(H,54,66)(H,55,64)(H,56,67)(H,57,68)/t28-,29-,33+,34+,35+,36+,40-,41?,42+,43+/m1/s1. The van der Waals surface area contributed by atoms with E-state index in [1.165, 1.54) is 45.2 Å². The van der Waals surface area contributed by atoms with Gasteiger partial charge in [0, 0.05) is 32.7 Å². The van der Waals surface area contributed by atoms with Crippen molar-refractivity contribution in [3.8, 4) is 5.75 Å². The molecule has 0 aromatic heterocycles. The van der Waals surface area contributed by atoms with Gasteiger partial charge in [0.05, 0.1) is 12.6 Å². The van der Waals surface area contributed by atoms with E-state index in [1.807, 2.05) is 6.92 Å². The van der Waals surface area contributed by atoms with Gasteiger partial charge in [-0.05, 0) is 68.7 Å². The van der Waals surface area contributed by atoms with Gasteiger partial charge in [-0.25, -0.2) is 4.79 Å². The molecule has 23 nitrogen and oxygen atoms in total. The summed E-state index contributed by atoms with van der Waals surface area (Å²) >= 11 is 0. The van der Waals surface area contributed by atoms with Crippen LogP contribution in [0.5, 0.6) is 5.75 Å². The van der Waals surface area contributed by atoms with E-state index in [1.54, 1.807) is 44.2 Å². The molecule has 0 radical (unpaired) electrons. The highest BCUT2D eigenvalue weighted by Crippen LogP contribution is 2.26. The number of carbonyl (C=O) groups excluding carboxylic acids is 10. The number of nitrogens with zero attached hydrogens (tertiary/aromatic N) is 2. The van der Waals surface area contributed by atoms with Crippen LogP contribution in [0.3, 0.4) is 0 Å². The minimum Gasteiger partial charge on any atom is -0.508 e. The summed E-state index contributed by atoms with van der Waals surface area (Å²) in [6.45, 7) is 6.91. The lowest BCUT2D eigenvalue weighted by Gasteiger charge is -2.43. The molecule has 400 valence electrons. The van der Waals surface area contributed by atoms with Crippen molar-refractivity contribution in [2.45, 2.75) is 160 Å². The van der Waals surface area contributed by atoms with E-state index in [4.69, 9.17) is 10.5 Å². The SMILES string of the molecule is CCCCCC(=O)NCC(=O)N[C@H](C(=O)N[C@@H]1C(=O)N[C@@H](CCC(N)=O)C(=O)N[C@H]2CC[C@@H](O)N(C2=O)[C@@H](Cc2ccccc2)C(=O)N(C)[C@@H](Cc2ccc(O)cc2)C(=O)NC(C(C)C)C(=O)O[C@@H]1C)[C@@H](C)O. The van der Waals surface area contributed by atoms with Crippen molar-refractivity contribution in [1.82, 2.24) is 41.7 Å². The highest BCUT2D eigenvalue weighted by Gasteiger charge is 2.46. The van der Waals surface area contributed by atoms with Crippen molar-refractivity contribution in [2.75, 3.05) is 13.6 Å². The van der Waals surface area contributed by atoms with Crippen molar-refractivity contribution in [3.05, 3.63) is 65.7 Å². The number of esters is 1. The Bertz CT molecular complexity index is 2280. The van der Waals surface area contributed by atoms with Gasteiger partial charge in [0.1, 0.15) is 60.4 Å². The normalized spacial score (nSPS) is 24.3. The number of phenols is 1. The zero-order valence-electron chi connectivity index (χ0n) is 42.1. The first-order valence-electron chi connectivity index (χ1n) is 24.6. The predicted octanol–water partition coefficient (Wildman–Crippen LogP) is -1.32. The van der Waals surface area contributed by atoms with E-state index in [-0.39, 0.29) is 37.9 Å². The van der Waals surface area contributed by atoms with Crippen LogP contribution >= 0.6 is 0 Å². The van der Waals surface area contributed by atoms with E-state index in [9.17, 15) is 58.5 Å². The number of benzene rings is 2. The highest BCUT2D eigenvalue weighted by atomic mass is 16.5. The van der Waals surface area contributed by atoms with Gasteiger partial charge in [-0.2, -0.15) is 0 Å². The van der Waals surface area contributed by atoms with Crippen LogP contribution in [-0.2, 0) is 65.5 Å². The maximum atomic E-state index is 15.0. The number of primary amides is 1. The molecule has 0 saturated carbocycles. The topological polar surface area (TPSA) is 345 Å². The molecular weight excluding hydrogens is 951 g/mol. The summed E-state index contributed by atoms with van der Waals surface area (Å²) in [4.78, 5) is 141. The number of hydrogen-bond donors (Lipinski definition) is 10. The molecule has 11 N–H and O–H groups in total. The van der Waals surface area contributed by atoms with Gasteiger partial charge in [0.2, 0.25) is 53.2 Å². The Labute approximate surface area is 424 Å². The zero-order valence-corrected chi connectivity index (χ0v) is 42.1. The van der Waals surface area contributed by atoms with Gasteiger partial charge in [0.25, 0.3) is 0 Å². The first-order chi connectivity index (χ1) is 34.5. The fraction of sp³-hybridized carbons (Fsp3) is 0.560. The number of unbranched alkanes of at least 4 members (excludes halogenated alkanes) is 2. The smallest absolute Gasteiger partial charge is 0.329 e. The number of carbonyl (C=O) groups is 10. The first-order valence-corrected chi connectivity index (χ1v) is 24.6. The average molecular weight is 1020 g/mol. The van der Waals surface area contributed by atoms with Crippen LogP contribution in [0, 0.1) is 5.92 Å². The number of ether oxygens (including phenoxy) is 1. The van der Waals surface area contributed by atoms with Crippen LogP contribution in [0.2, 0.25) is 0 Å². The summed E-state index contributed by atoms with van der Waals surface area (Å²) in [5.41, 5.74) is 6.49. The number of hydrogen-bond acceptors (Lipinski definition) is 14. The lowest BCUT2D eigenvalue weighted by atomic mass is 9.95. The van der Waals surface area contributed by atoms with Crippen LogP contribution in [-0.4, -0.2) is 159 Å². The minimum atomic E-state index is -1.94. The Morgan fingerprint density at radius 2 is 1.45 bits per heavy atom. The van der Waals surface area contributed by atoms with Crippen molar-refractivity contribution >= 4 is 59.1 Å².